The number of nitrogens with one attached hydrogen (secondary N) is 1. The van der Waals surface area contributed by atoms with Crippen LogP contribution in [0.4, 0.5) is 0 Å². The van der Waals surface area contributed by atoms with Crippen molar-refractivity contribution < 1.29 is 9.53 Å². The van der Waals surface area contributed by atoms with E-state index in [9.17, 15) is 4.79 Å². The number of hydrogen-bond donors (Lipinski definition) is 2. The molecular formula is C9H16N2O2S. The van der Waals surface area contributed by atoms with Crippen LogP contribution >= 0.6 is 12.2 Å². The van der Waals surface area contributed by atoms with E-state index in [1.807, 2.05) is 6.92 Å². The number of hydrogen-bond acceptors (Lipinski definition) is 3. The van der Waals surface area contributed by atoms with E-state index in [0.717, 1.165) is 12.8 Å². The second-order valence-corrected chi connectivity index (χ2v) is 4.14. The Morgan fingerprint density at radius 2 is 2.29 bits per heavy atom. The van der Waals surface area contributed by atoms with E-state index in [2.05, 4.69) is 5.32 Å². The van der Waals surface area contributed by atoms with Crippen molar-refractivity contribution in [2.75, 3.05) is 13.7 Å². The SMILES string of the molecule is COC(C)CNC(=O)C1(C(N)=S)CC1. The predicted octanol–water partition coefficient (Wildman–Crippen LogP) is 0.204. The van der Waals surface area contributed by atoms with Gasteiger partial charge in [0.15, 0.2) is 0 Å². The zero-order valence-electron chi connectivity index (χ0n) is 8.50. The molecule has 1 rings (SSSR count). The molecule has 0 bridgehead atoms. The Bertz CT molecular complexity index is 251. The van der Waals surface area contributed by atoms with Crippen molar-refractivity contribution >= 4 is 23.1 Å². The molecule has 3 N–H and O–H groups in total. The molecule has 0 aromatic rings. The maximum atomic E-state index is 11.7. The second kappa shape index (κ2) is 4.23. The molecule has 1 saturated carbocycles. The van der Waals surface area contributed by atoms with E-state index in [-0.39, 0.29) is 12.0 Å². The van der Waals surface area contributed by atoms with E-state index >= 15 is 0 Å². The molecule has 14 heavy (non-hydrogen) atoms. The maximum absolute atomic E-state index is 11.7. The fourth-order valence-electron chi connectivity index (χ4n) is 1.20. The normalized spacial score (nSPS) is 19.9. The third kappa shape index (κ3) is 2.22. The number of carbonyl (C=O) groups excluding carboxylic acids is 1. The van der Waals surface area contributed by atoms with Gasteiger partial charge in [0.25, 0.3) is 0 Å². The smallest absolute Gasteiger partial charge is 0.233 e. The van der Waals surface area contributed by atoms with Crippen molar-refractivity contribution in [2.45, 2.75) is 25.9 Å². The van der Waals surface area contributed by atoms with Crippen LogP contribution in [-0.2, 0) is 9.53 Å². The minimum atomic E-state index is -0.553. The Hall–Kier alpha value is -0.680. The van der Waals surface area contributed by atoms with Crippen molar-refractivity contribution in [1.82, 2.24) is 5.32 Å². The van der Waals surface area contributed by atoms with Crippen LogP contribution in [0.25, 0.3) is 0 Å². The Balaban J connectivity index is 2.39. The van der Waals surface area contributed by atoms with Gasteiger partial charge in [-0.15, -0.1) is 0 Å². The summed E-state index contributed by atoms with van der Waals surface area (Å²) < 4.78 is 5.02. The van der Waals surface area contributed by atoms with Crippen LogP contribution in [0.5, 0.6) is 0 Å². The largest absolute Gasteiger partial charge is 0.392 e. The van der Waals surface area contributed by atoms with Crippen LogP contribution < -0.4 is 11.1 Å². The quantitative estimate of drug-likeness (QED) is 0.645. The number of carbonyl (C=O) groups is 1. The summed E-state index contributed by atoms with van der Waals surface area (Å²) in [4.78, 5) is 12.0. The molecule has 0 spiro atoms. The molecule has 0 saturated heterocycles. The number of ether oxygens (including phenoxy) is 1. The fourth-order valence-corrected chi connectivity index (χ4v) is 1.50. The molecule has 0 aliphatic heterocycles. The molecule has 1 amide bonds. The summed E-state index contributed by atoms with van der Waals surface area (Å²) in [7, 11) is 1.61. The molecule has 1 aliphatic carbocycles. The molecule has 1 atom stereocenters. The van der Waals surface area contributed by atoms with Crippen LogP contribution in [0.1, 0.15) is 19.8 Å². The number of nitrogens with two attached hydrogens (primary N) is 1. The average molecular weight is 216 g/mol. The van der Waals surface area contributed by atoms with Crippen LogP contribution in [-0.4, -0.2) is 30.7 Å². The first kappa shape index (κ1) is 11.4. The first-order valence-corrected chi connectivity index (χ1v) is 5.05. The lowest BCUT2D eigenvalue weighted by Crippen LogP contribution is -2.42. The van der Waals surface area contributed by atoms with Gasteiger partial charge in [-0.2, -0.15) is 0 Å². The van der Waals surface area contributed by atoms with E-state index in [1.165, 1.54) is 0 Å². The maximum Gasteiger partial charge on any atom is 0.233 e. The summed E-state index contributed by atoms with van der Waals surface area (Å²) in [6, 6.07) is 0. The molecule has 1 fully saturated rings. The lowest BCUT2D eigenvalue weighted by molar-refractivity contribution is -0.124. The summed E-state index contributed by atoms with van der Waals surface area (Å²) in [5.41, 5.74) is 4.96. The van der Waals surface area contributed by atoms with Gasteiger partial charge in [-0.05, 0) is 19.8 Å². The topological polar surface area (TPSA) is 64.3 Å². The highest BCUT2D eigenvalue weighted by Gasteiger charge is 2.52. The van der Waals surface area contributed by atoms with Crippen molar-refractivity contribution in [3.05, 3.63) is 0 Å². The van der Waals surface area contributed by atoms with Crippen molar-refractivity contribution in [2.24, 2.45) is 11.1 Å². The minimum Gasteiger partial charge on any atom is -0.392 e. The molecule has 0 aromatic carbocycles. The van der Waals surface area contributed by atoms with E-state index in [1.54, 1.807) is 7.11 Å². The fraction of sp³-hybridized carbons (Fsp3) is 0.778. The summed E-state index contributed by atoms with van der Waals surface area (Å²) >= 11 is 4.86. The second-order valence-electron chi connectivity index (χ2n) is 3.70. The molecule has 1 aliphatic rings. The van der Waals surface area contributed by atoms with Gasteiger partial charge in [0.1, 0.15) is 0 Å². The summed E-state index contributed by atoms with van der Waals surface area (Å²) in [5, 5.41) is 2.79. The van der Waals surface area contributed by atoms with Gasteiger partial charge in [0.2, 0.25) is 5.91 Å². The number of methoxy groups -OCH3 is 1. The molecule has 4 nitrogen and oxygen atoms in total. The van der Waals surface area contributed by atoms with Crippen LogP contribution in [0, 0.1) is 5.41 Å². The molecule has 0 aromatic heterocycles. The zero-order valence-corrected chi connectivity index (χ0v) is 9.32. The third-order valence-electron chi connectivity index (χ3n) is 2.61. The van der Waals surface area contributed by atoms with Gasteiger partial charge in [-0.25, -0.2) is 0 Å². The lowest BCUT2D eigenvalue weighted by Gasteiger charge is -2.15. The van der Waals surface area contributed by atoms with Crippen molar-refractivity contribution in [3.63, 3.8) is 0 Å². The van der Waals surface area contributed by atoms with Gasteiger partial charge >= 0.3 is 0 Å². The van der Waals surface area contributed by atoms with E-state index in [4.69, 9.17) is 22.7 Å². The Morgan fingerprint density at radius 1 is 1.71 bits per heavy atom. The Kier molecular flexibility index (Phi) is 3.44. The van der Waals surface area contributed by atoms with Crippen molar-refractivity contribution in [3.8, 4) is 0 Å². The highest BCUT2D eigenvalue weighted by Crippen LogP contribution is 2.46. The standard InChI is InChI=1S/C9H16N2O2S/c1-6(13-2)5-11-8(12)9(3-4-9)7(10)14/h6H,3-5H2,1-2H3,(H2,10,14)(H,11,12). The lowest BCUT2D eigenvalue weighted by atomic mass is 10.1. The van der Waals surface area contributed by atoms with Crippen LogP contribution in [0.2, 0.25) is 0 Å². The minimum absolute atomic E-state index is 0.0149. The van der Waals surface area contributed by atoms with Gasteiger partial charge < -0.3 is 15.8 Å². The zero-order chi connectivity index (χ0) is 10.8. The first-order chi connectivity index (χ1) is 6.53. The summed E-state index contributed by atoms with van der Waals surface area (Å²) in [5.74, 6) is -0.0612. The van der Waals surface area contributed by atoms with Gasteiger partial charge in [0, 0.05) is 13.7 Å². The third-order valence-corrected chi connectivity index (χ3v) is 3.00. The molecular weight excluding hydrogens is 200 g/mol. The highest BCUT2D eigenvalue weighted by molar-refractivity contribution is 7.80. The summed E-state index contributed by atoms with van der Waals surface area (Å²) in [6.45, 7) is 2.39. The number of amides is 1. The van der Waals surface area contributed by atoms with E-state index in [0.29, 0.717) is 11.5 Å². The van der Waals surface area contributed by atoms with Crippen LogP contribution in [0.3, 0.4) is 0 Å². The molecule has 1 unspecified atom stereocenters. The number of rotatable bonds is 5. The van der Waals surface area contributed by atoms with Crippen molar-refractivity contribution in [1.29, 1.82) is 0 Å². The van der Waals surface area contributed by atoms with E-state index < -0.39 is 5.41 Å². The Morgan fingerprint density at radius 3 is 2.64 bits per heavy atom. The molecule has 0 heterocycles. The van der Waals surface area contributed by atoms with Gasteiger partial charge in [0.05, 0.1) is 16.5 Å². The predicted molar refractivity (Wildman–Crippen MR) is 57.9 cm³/mol. The average Bonchev–Trinajstić information content (AvgIpc) is 2.94. The van der Waals surface area contributed by atoms with Gasteiger partial charge in [-0.1, -0.05) is 12.2 Å². The monoisotopic (exact) mass is 216 g/mol. The molecule has 80 valence electrons. The summed E-state index contributed by atoms with van der Waals surface area (Å²) in [6.07, 6.45) is 1.56. The number of thiocarbonyl (C=S) groups is 1. The Labute approximate surface area is 89.2 Å². The molecule has 5 heteroatoms. The highest BCUT2D eigenvalue weighted by atomic mass is 32.1. The van der Waals surface area contributed by atoms with Gasteiger partial charge in [-0.3, -0.25) is 4.79 Å². The molecule has 0 radical (unpaired) electrons. The first-order valence-electron chi connectivity index (χ1n) is 4.64. The van der Waals surface area contributed by atoms with Crippen LogP contribution in [0.15, 0.2) is 0 Å².